The van der Waals surface area contributed by atoms with E-state index < -0.39 is 9.70 Å². The number of anilines is 2. The Morgan fingerprint density at radius 1 is 1.15 bits per heavy atom. The molecule has 2 aliphatic rings. The van der Waals surface area contributed by atoms with Crippen molar-refractivity contribution in [2.75, 3.05) is 43.0 Å². The highest BCUT2D eigenvalue weighted by Gasteiger charge is 2.31. The van der Waals surface area contributed by atoms with E-state index in [4.69, 9.17) is 39.5 Å². The fraction of sp³-hybridized carbons (Fsp3) is 0.529. The SMILES string of the molecule is O=C1COc2ccc(NC(=O)C(Cl)(Cl)Cl)cc2N1CCN1CCCCC1. The van der Waals surface area contributed by atoms with Crippen molar-refractivity contribution in [2.45, 2.75) is 23.1 Å². The summed E-state index contributed by atoms with van der Waals surface area (Å²) >= 11 is 16.8. The quantitative estimate of drug-likeness (QED) is 0.760. The molecule has 1 N–H and O–H groups in total. The highest BCUT2D eigenvalue weighted by atomic mass is 35.6. The molecular weight excluding hydrogens is 401 g/mol. The van der Waals surface area contributed by atoms with Crippen LogP contribution in [0.4, 0.5) is 11.4 Å². The Bertz CT molecular complexity index is 688. The van der Waals surface area contributed by atoms with Crippen LogP contribution in [0.3, 0.4) is 0 Å². The van der Waals surface area contributed by atoms with Crippen LogP contribution in [-0.4, -0.2) is 53.3 Å². The zero-order valence-corrected chi connectivity index (χ0v) is 16.4. The zero-order valence-electron chi connectivity index (χ0n) is 14.1. The number of hydrogen-bond donors (Lipinski definition) is 1. The van der Waals surface area contributed by atoms with Gasteiger partial charge in [-0.2, -0.15) is 0 Å². The minimum atomic E-state index is -2.06. The molecule has 0 atom stereocenters. The maximum absolute atomic E-state index is 12.4. The molecule has 3 rings (SSSR count). The molecule has 2 aliphatic heterocycles. The van der Waals surface area contributed by atoms with Gasteiger partial charge in [0, 0.05) is 18.8 Å². The summed E-state index contributed by atoms with van der Waals surface area (Å²) < 4.78 is 3.43. The molecule has 0 bridgehead atoms. The van der Waals surface area contributed by atoms with E-state index in [1.165, 1.54) is 19.3 Å². The molecule has 0 aliphatic carbocycles. The number of nitrogens with one attached hydrogen (secondary N) is 1. The van der Waals surface area contributed by atoms with Crippen LogP contribution in [0, 0.1) is 0 Å². The van der Waals surface area contributed by atoms with Crippen molar-refractivity contribution in [1.82, 2.24) is 4.90 Å². The molecule has 142 valence electrons. The molecule has 1 aromatic carbocycles. The average molecular weight is 421 g/mol. The van der Waals surface area contributed by atoms with Crippen molar-refractivity contribution in [3.8, 4) is 5.75 Å². The summed E-state index contributed by atoms with van der Waals surface area (Å²) in [6.07, 6.45) is 3.66. The van der Waals surface area contributed by atoms with E-state index in [1.54, 1.807) is 23.1 Å². The Morgan fingerprint density at radius 2 is 1.88 bits per heavy atom. The van der Waals surface area contributed by atoms with Gasteiger partial charge < -0.3 is 19.9 Å². The molecule has 6 nitrogen and oxygen atoms in total. The third-order valence-corrected chi connectivity index (χ3v) is 5.02. The first-order chi connectivity index (χ1) is 12.3. The third-order valence-electron chi connectivity index (χ3n) is 4.51. The first-order valence-electron chi connectivity index (χ1n) is 8.52. The van der Waals surface area contributed by atoms with E-state index in [0.717, 1.165) is 19.6 Å². The van der Waals surface area contributed by atoms with Crippen LogP contribution in [0.25, 0.3) is 0 Å². The summed E-state index contributed by atoms with van der Waals surface area (Å²) in [5.74, 6) is -0.278. The second-order valence-electron chi connectivity index (χ2n) is 6.37. The summed E-state index contributed by atoms with van der Waals surface area (Å²) in [6.45, 7) is 3.50. The molecule has 0 aromatic heterocycles. The largest absolute Gasteiger partial charge is 0.482 e. The summed E-state index contributed by atoms with van der Waals surface area (Å²) in [6, 6.07) is 5.01. The number of likely N-dealkylation sites (tertiary alicyclic amines) is 1. The van der Waals surface area contributed by atoms with Gasteiger partial charge in [0.2, 0.25) is 0 Å². The van der Waals surface area contributed by atoms with E-state index in [-0.39, 0.29) is 12.5 Å². The minimum absolute atomic E-state index is 0.00680. The fourth-order valence-electron chi connectivity index (χ4n) is 3.15. The molecule has 1 saturated heterocycles. The number of fused-ring (bicyclic) bond motifs is 1. The molecule has 0 radical (unpaired) electrons. The molecule has 1 aromatic rings. The monoisotopic (exact) mass is 419 g/mol. The zero-order chi connectivity index (χ0) is 18.7. The second kappa shape index (κ2) is 8.21. The Morgan fingerprint density at radius 3 is 2.58 bits per heavy atom. The van der Waals surface area contributed by atoms with Crippen LogP contribution in [0.2, 0.25) is 0 Å². The number of ether oxygens (including phenoxy) is 1. The lowest BCUT2D eigenvalue weighted by molar-refractivity contribution is -0.121. The van der Waals surface area contributed by atoms with Crippen molar-refractivity contribution in [3.05, 3.63) is 18.2 Å². The first-order valence-corrected chi connectivity index (χ1v) is 9.66. The Labute approximate surface area is 167 Å². The smallest absolute Gasteiger partial charge is 0.276 e. The second-order valence-corrected chi connectivity index (χ2v) is 8.65. The molecule has 2 amide bonds. The number of piperidine rings is 1. The Hall–Kier alpha value is -1.21. The van der Waals surface area contributed by atoms with Crippen LogP contribution in [0.5, 0.6) is 5.75 Å². The van der Waals surface area contributed by atoms with Crippen LogP contribution in [0.15, 0.2) is 18.2 Å². The number of amides is 2. The lowest BCUT2D eigenvalue weighted by Gasteiger charge is -2.33. The molecule has 1 fully saturated rings. The van der Waals surface area contributed by atoms with E-state index in [9.17, 15) is 9.59 Å². The third kappa shape index (κ3) is 4.74. The summed E-state index contributed by atoms with van der Waals surface area (Å²) in [5.41, 5.74) is 1.04. The van der Waals surface area contributed by atoms with Crippen LogP contribution < -0.4 is 15.0 Å². The number of benzene rings is 1. The van der Waals surface area contributed by atoms with E-state index in [1.807, 2.05) is 0 Å². The normalized spacial score (nSPS) is 18.3. The van der Waals surface area contributed by atoms with Gasteiger partial charge in [0.25, 0.3) is 15.6 Å². The molecule has 0 spiro atoms. The summed E-state index contributed by atoms with van der Waals surface area (Å²) in [5, 5.41) is 2.53. The Kier molecular flexibility index (Phi) is 6.17. The summed E-state index contributed by atoms with van der Waals surface area (Å²) in [7, 11) is 0. The van der Waals surface area contributed by atoms with Crippen molar-refractivity contribution in [3.63, 3.8) is 0 Å². The predicted octanol–water partition coefficient (Wildman–Crippen LogP) is 3.21. The highest BCUT2D eigenvalue weighted by molar-refractivity contribution is 6.76. The van der Waals surface area contributed by atoms with Gasteiger partial charge in [-0.25, -0.2) is 0 Å². The number of nitrogens with zero attached hydrogens (tertiary/aromatic N) is 2. The number of alkyl halides is 3. The van der Waals surface area contributed by atoms with Crippen molar-refractivity contribution in [1.29, 1.82) is 0 Å². The number of halogens is 3. The van der Waals surface area contributed by atoms with Crippen LogP contribution in [0.1, 0.15) is 19.3 Å². The van der Waals surface area contributed by atoms with Crippen LogP contribution >= 0.6 is 34.8 Å². The van der Waals surface area contributed by atoms with Gasteiger partial charge >= 0.3 is 0 Å². The maximum atomic E-state index is 12.4. The van der Waals surface area contributed by atoms with E-state index >= 15 is 0 Å². The first kappa shape index (κ1) is 19.5. The molecule has 0 unspecified atom stereocenters. The predicted molar refractivity (Wildman–Crippen MR) is 104 cm³/mol. The maximum Gasteiger partial charge on any atom is 0.276 e. The molecule has 2 heterocycles. The van der Waals surface area contributed by atoms with Gasteiger partial charge in [0.15, 0.2) is 6.61 Å². The summed E-state index contributed by atoms with van der Waals surface area (Å²) in [4.78, 5) is 28.3. The van der Waals surface area contributed by atoms with Gasteiger partial charge in [0.05, 0.1) is 5.69 Å². The Balaban J connectivity index is 1.74. The average Bonchev–Trinajstić information content (AvgIpc) is 2.61. The lowest BCUT2D eigenvalue weighted by Crippen LogP contribution is -2.44. The lowest BCUT2D eigenvalue weighted by atomic mass is 10.1. The molecule has 9 heteroatoms. The van der Waals surface area contributed by atoms with Crippen molar-refractivity contribution in [2.24, 2.45) is 0 Å². The van der Waals surface area contributed by atoms with E-state index in [0.29, 0.717) is 23.7 Å². The standard InChI is InChI=1S/C17H20Cl3N3O3/c18-17(19,20)16(25)21-12-4-5-14-13(10-12)23(15(24)11-26-14)9-8-22-6-2-1-3-7-22/h4-5,10H,1-3,6-9,11H2,(H,21,25). The van der Waals surface area contributed by atoms with Crippen molar-refractivity contribution >= 4 is 58.0 Å². The molecule has 0 saturated carbocycles. The molecule has 26 heavy (non-hydrogen) atoms. The highest BCUT2D eigenvalue weighted by Crippen LogP contribution is 2.35. The minimum Gasteiger partial charge on any atom is -0.482 e. The number of hydrogen-bond acceptors (Lipinski definition) is 4. The van der Waals surface area contributed by atoms with Gasteiger partial charge in [-0.05, 0) is 44.1 Å². The molecular formula is C17H20Cl3N3O3. The number of carbonyl (C=O) groups is 2. The van der Waals surface area contributed by atoms with Crippen LogP contribution in [-0.2, 0) is 9.59 Å². The van der Waals surface area contributed by atoms with Gasteiger partial charge in [-0.3, -0.25) is 9.59 Å². The van der Waals surface area contributed by atoms with Gasteiger partial charge in [-0.15, -0.1) is 0 Å². The van der Waals surface area contributed by atoms with Gasteiger partial charge in [-0.1, -0.05) is 41.2 Å². The van der Waals surface area contributed by atoms with E-state index in [2.05, 4.69) is 10.2 Å². The topological polar surface area (TPSA) is 61.9 Å². The van der Waals surface area contributed by atoms with Gasteiger partial charge in [0.1, 0.15) is 5.75 Å². The fourth-order valence-corrected chi connectivity index (χ4v) is 3.29. The number of carbonyl (C=O) groups excluding carboxylic acids is 2. The van der Waals surface area contributed by atoms with Crippen molar-refractivity contribution < 1.29 is 14.3 Å². The number of rotatable bonds is 4.